The third-order valence-corrected chi connectivity index (χ3v) is 3.33. The number of hydrogen-bond acceptors (Lipinski definition) is 2. The predicted octanol–water partition coefficient (Wildman–Crippen LogP) is 3.74. The van der Waals surface area contributed by atoms with Crippen molar-refractivity contribution in [2.75, 3.05) is 19.6 Å². The van der Waals surface area contributed by atoms with Crippen LogP contribution in [0.3, 0.4) is 0 Å². The summed E-state index contributed by atoms with van der Waals surface area (Å²) in [6, 6.07) is 5.15. The molecule has 0 saturated heterocycles. The zero-order valence-electron chi connectivity index (χ0n) is 13.4. The maximum Gasteiger partial charge on any atom is 0.416 e. The van der Waals surface area contributed by atoms with Crippen LogP contribution in [0, 0.1) is 0 Å². The molecule has 1 unspecified atom stereocenters. The molecule has 1 rings (SSSR count). The van der Waals surface area contributed by atoms with Gasteiger partial charge in [0, 0.05) is 19.5 Å². The van der Waals surface area contributed by atoms with E-state index in [1.54, 1.807) is 13.0 Å². The molecule has 0 aliphatic carbocycles. The number of carbonyl (C=O) groups is 1. The molecule has 0 heterocycles. The van der Waals surface area contributed by atoms with Crippen molar-refractivity contribution in [2.24, 2.45) is 0 Å². The maximum atomic E-state index is 12.7. The lowest BCUT2D eigenvalue weighted by Crippen LogP contribution is -2.32. The van der Waals surface area contributed by atoms with Gasteiger partial charge in [-0.25, -0.2) is 0 Å². The Morgan fingerprint density at radius 3 is 2.52 bits per heavy atom. The smallest absolute Gasteiger partial charge is 0.355 e. The number of halogens is 4. The molecule has 132 valence electrons. The highest BCUT2D eigenvalue weighted by Gasteiger charge is 2.30. The van der Waals surface area contributed by atoms with E-state index in [1.165, 1.54) is 6.07 Å². The first kappa shape index (κ1) is 21.7. The Morgan fingerprint density at radius 1 is 1.22 bits per heavy atom. The van der Waals surface area contributed by atoms with E-state index < -0.39 is 11.7 Å². The van der Waals surface area contributed by atoms with Crippen molar-refractivity contribution in [1.29, 1.82) is 0 Å². The average molecular weight is 353 g/mol. The zero-order chi connectivity index (χ0) is 16.6. The Kier molecular flexibility index (Phi) is 9.91. The lowest BCUT2D eigenvalue weighted by Gasteiger charge is -2.14. The molecule has 1 aromatic carbocycles. The molecule has 7 heteroatoms. The van der Waals surface area contributed by atoms with E-state index in [2.05, 4.69) is 17.6 Å². The Labute approximate surface area is 141 Å². The van der Waals surface area contributed by atoms with Gasteiger partial charge in [-0.3, -0.25) is 4.79 Å². The highest BCUT2D eigenvalue weighted by atomic mass is 35.5. The molecule has 3 nitrogen and oxygen atoms in total. The largest absolute Gasteiger partial charge is 0.416 e. The Hall–Kier alpha value is -1.27. The van der Waals surface area contributed by atoms with Crippen molar-refractivity contribution >= 4 is 18.3 Å². The van der Waals surface area contributed by atoms with Crippen molar-refractivity contribution in [3.8, 4) is 0 Å². The molecular formula is C16H24ClF3N2O. The van der Waals surface area contributed by atoms with Gasteiger partial charge in [-0.1, -0.05) is 32.0 Å². The van der Waals surface area contributed by atoms with Crippen LogP contribution in [0.15, 0.2) is 24.3 Å². The minimum Gasteiger partial charge on any atom is -0.355 e. The van der Waals surface area contributed by atoms with Crippen molar-refractivity contribution < 1.29 is 18.0 Å². The molecule has 2 N–H and O–H groups in total. The van der Waals surface area contributed by atoms with Crippen molar-refractivity contribution in [1.82, 2.24) is 10.6 Å². The molecular weight excluding hydrogens is 329 g/mol. The monoisotopic (exact) mass is 352 g/mol. The van der Waals surface area contributed by atoms with E-state index in [1.807, 2.05) is 0 Å². The van der Waals surface area contributed by atoms with Crippen LogP contribution in [0.5, 0.6) is 0 Å². The Bertz CT molecular complexity index is 481. The molecule has 0 radical (unpaired) electrons. The lowest BCUT2D eigenvalue weighted by atomic mass is 9.95. The number of rotatable bonds is 8. The van der Waals surface area contributed by atoms with Gasteiger partial charge in [0.1, 0.15) is 0 Å². The second-order valence-electron chi connectivity index (χ2n) is 5.33. The van der Waals surface area contributed by atoms with Gasteiger partial charge in [-0.05, 0) is 30.5 Å². The third kappa shape index (κ3) is 8.23. The molecule has 0 aliphatic heterocycles. The van der Waals surface area contributed by atoms with Gasteiger partial charge in [0.2, 0.25) is 5.91 Å². The number of benzene rings is 1. The standard InChI is InChI=1S/C16H23F3N2O.ClH/c1-3-7-20-8-9-21-15(22)10-12(2)13-5-4-6-14(11-13)16(17,18)19;/h4-6,11-12,20H,3,7-10H2,1-2H3,(H,21,22);1H. The first-order valence-corrected chi connectivity index (χ1v) is 7.49. The maximum absolute atomic E-state index is 12.7. The fourth-order valence-corrected chi connectivity index (χ4v) is 2.08. The van der Waals surface area contributed by atoms with Crippen LogP contribution in [0.25, 0.3) is 0 Å². The normalized spacial score (nSPS) is 12.4. The van der Waals surface area contributed by atoms with E-state index >= 15 is 0 Å². The Morgan fingerprint density at radius 2 is 1.91 bits per heavy atom. The van der Waals surface area contributed by atoms with Gasteiger partial charge in [-0.15, -0.1) is 12.4 Å². The summed E-state index contributed by atoms with van der Waals surface area (Å²) in [5.41, 5.74) is -0.157. The molecule has 1 atom stereocenters. The van der Waals surface area contributed by atoms with E-state index in [4.69, 9.17) is 0 Å². The van der Waals surface area contributed by atoms with Crippen LogP contribution in [-0.4, -0.2) is 25.5 Å². The minimum atomic E-state index is -4.36. The highest BCUT2D eigenvalue weighted by Crippen LogP contribution is 2.31. The molecule has 23 heavy (non-hydrogen) atoms. The van der Waals surface area contributed by atoms with Crippen molar-refractivity contribution in [3.63, 3.8) is 0 Å². The summed E-state index contributed by atoms with van der Waals surface area (Å²) in [6.07, 6.45) is -3.15. The fourth-order valence-electron chi connectivity index (χ4n) is 2.08. The summed E-state index contributed by atoms with van der Waals surface area (Å²) < 4.78 is 38.0. The number of amides is 1. The molecule has 1 aromatic rings. The second kappa shape index (κ2) is 10.5. The number of carbonyl (C=O) groups excluding carboxylic acids is 1. The molecule has 0 aliphatic rings. The predicted molar refractivity (Wildman–Crippen MR) is 87.9 cm³/mol. The lowest BCUT2D eigenvalue weighted by molar-refractivity contribution is -0.137. The second-order valence-corrected chi connectivity index (χ2v) is 5.33. The van der Waals surface area contributed by atoms with Gasteiger partial charge >= 0.3 is 6.18 Å². The molecule has 0 bridgehead atoms. The van der Waals surface area contributed by atoms with Crippen LogP contribution >= 0.6 is 12.4 Å². The van der Waals surface area contributed by atoms with Gasteiger partial charge < -0.3 is 10.6 Å². The highest BCUT2D eigenvalue weighted by molar-refractivity contribution is 5.85. The van der Waals surface area contributed by atoms with Gasteiger partial charge in [0.25, 0.3) is 0 Å². The summed E-state index contributed by atoms with van der Waals surface area (Å²) in [5.74, 6) is -0.408. The molecule has 0 saturated carbocycles. The average Bonchev–Trinajstić information content (AvgIpc) is 2.46. The minimum absolute atomic E-state index is 0. The summed E-state index contributed by atoms with van der Waals surface area (Å²) in [5, 5.41) is 5.92. The molecule has 0 spiro atoms. The first-order valence-electron chi connectivity index (χ1n) is 7.49. The van der Waals surface area contributed by atoms with Gasteiger partial charge in [-0.2, -0.15) is 13.2 Å². The summed E-state index contributed by atoms with van der Waals surface area (Å²) in [4.78, 5) is 11.8. The van der Waals surface area contributed by atoms with Crippen LogP contribution in [0.4, 0.5) is 13.2 Å². The van der Waals surface area contributed by atoms with Crippen LogP contribution in [0.1, 0.15) is 43.7 Å². The summed E-state index contributed by atoms with van der Waals surface area (Å²) in [6.45, 7) is 5.93. The fraction of sp³-hybridized carbons (Fsp3) is 0.562. The van der Waals surface area contributed by atoms with Crippen LogP contribution in [0.2, 0.25) is 0 Å². The summed E-state index contributed by atoms with van der Waals surface area (Å²) >= 11 is 0. The van der Waals surface area contributed by atoms with E-state index in [0.29, 0.717) is 18.7 Å². The van der Waals surface area contributed by atoms with Crippen LogP contribution in [-0.2, 0) is 11.0 Å². The van der Waals surface area contributed by atoms with E-state index in [0.717, 1.165) is 25.1 Å². The zero-order valence-corrected chi connectivity index (χ0v) is 14.2. The Balaban J connectivity index is 0.00000484. The molecule has 1 amide bonds. The number of nitrogens with one attached hydrogen (secondary N) is 2. The van der Waals surface area contributed by atoms with Crippen LogP contribution < -0.4 is 10.6 Å². The van der Waals surface area contributed by atoms with Crippen molar-refractivity contribution in [3.05, 3.63) is 35.4 Å². The van der Waals surface area contributed by atoms with E-state index in [-0.39, 0.29) is 30.7 Å². The van der Waals surface area contributed by atoms with E-state index in [9.17, 15) is 18.0 Å². The van der Waals surface area contributed by atoms with Gasteiger partial charge in [0.05, 0.1) is 5.56 Å². The quantitative estimate of drug-likeness (QED) is 0.700. The molecule has 0 aromatic heterocycles. The van der Waals surface area contributed by atoms with Crippen molar-refractivity contribution in [2.45, 2.75) is 38.8 Å². The first-order chi connectivity index (χ1) is 10.3. The van der Waals surface area contributed by atoms with Gasteiger partial charge in [0.15, 0.2) is 0 Å². The topological polar surface area (TPSA) is 41.1 Å². The number of alkyl halides is 3. The molecule has 0 fully saturated rings. The SMILES string of the molecule is CCCNCCNC(=O)CC(C)c1cccc(C(F)(F)F)c1.Cl. The number of hydrogen-bond donors (Lipinski definition) is 2. The third-order valence-electron chi connectivity index (χ3n) is 3.33. The summed E-state index contributed by atoms with van der Waals surface area (Å²) in [7, 11) is 0.